The van der Waals surface area contributed by atoms with Crippen LogP contribution in [0.15, 0.2) is 48.5 Å². The summed E-state index contributed by atoms with van der Waals surface area (Å²) in [6.07, 6.45) is 0.322. The van der Waals surface area contributed by atoms with E-state index < -0.39 is 12.7 Å². The van der Waals surface area contributed by atoms with E-state index in [2.05, 4.69) is 16.0 Å². The van der Waals surface area contributed by atoms with Gasteiger partial charge in [0.05, 0.1) is 39.6 Å². The highest BCUT2D eigenvalue weighted by Crippen LogP contribution is 2.27. The van der Waals surface area contributed by atoms with Crippen molar-refractivity contribution in [3.05, 3.63) is 59.7 Å². The lowest BCUT2D eigenvalue weighted by molar-refractivity contribution is -0.848. The molecular formula is C28H45N4O5+. The second-order valence-electron chi connectivity index (χ2n) is 9.58. The van der Waals surface area contributed by atoms with Crippen LogP contribution in [-0.2, 0) is 14.2 Å². The molecule has 0 amide bonds. The second-order valence-corrected chi connectivity index (χ2v) is 9.58. The van der Waals surface area contributed by atoms with Crippen molar-refractivity contribution in [3.8, 4) is 0 Å². The summed E-state index contributed by atoms with van der Waals surface area (Å²) in [5, 5.41) is 30.0. The molecule has 2 atom stereocenters. The largest absolute Gasteiger partial charge is 0.379 e. The maximum absolute atomic E-state index is 10.7. The summed E-state index contributed by atoms with van der Waals surface area (Å²) in [4.78, 5) is 0. The lowest BCUT2D eigenvalue weighted by Gasteiger charge is -2.26. The molecule has 0 spiro atoms. The van der Waals surface area contributed by atoms with Crippen LogP contribution < -0.4 is 16.0 Å². The van der Waals surface area contributed by atoms with Crippen molar-refractivity contribution in [2.75, 3.05) is 76.5 Å². The van der Waals surface area contributed by atoms with Gasteiger partial charge in [0, 0.05) is 30.9 Å². The van der Waals surface area contributed by atoms with E-state index in [1.54, 1.807) is 0 Å². The zero-order chi connectivity index (χ0) is 26.3. The predicted molar refractivity (Wildman–Crippen MR) is 146 cm³/mol. The number of hydrogen-bond donors (Lipinski definition) is 5. The third kappa shape index (κ3) is 10.6. The van der Waals surface area contributed by atoms with Gasteiger partial charge in [0.2, 0.25) is 0 Å². The van der Waals surface area contributed by atoms with Gasteiger partial charge in [-0.3, -0.25) is 9.80 Å². The number of nitrogens with zero attached hydrogens (tertiary/aromatic N) is 1. The van der Waals surface area contributed by atoms with E-state index in [0.29, 0.717) is 50.7 Å². The Kier molecular flexibility index (Phi) is 12.6. The van der Waals surface area contributed by atoms with Gasteiger partial charge in [0.1, 0.15) is 13.1 Å². The number of aliphatic hydroxyl groups excluding tert-OH is 2. The lowest BCUT2D eigenvalue weighted by Crippen LogP contribution is -2.44. The molecular weight excluding hydrogens is 472 g/mol. The standard InChI is InChI=1S/C28H45N4O5/c1-23-9-3-5-11-25(23)30-27(33)29-13-7-17-35-19-21-37-22-20-36-18-8-14-32(15-16-32)28(34)31-26-12-6-4-10-24(26)2/h3-6,9-12,27-31,33-34H,7-8,13-22H2,1-2H3/q+1. The highest BCUT2D eigenvalue weighted by molar-refractivity contribution is 5.51. The first-order valence-electron chi connectivity index (χ1n) is 13.3. The van der Waals surface area contributed by atoms with Gasteiger partial charge in [-0.25, -0.2) is 0 Å². The van der Waals surface area contributed by atoms with E-state index in [1.807, 2.05) is 62.4 Å². The van der Waals surface area contributed by atoms with Crippen LogP contribution in [0.25, 0.3) is 0 Å². The average Bonchev–Trinajstić information content (AvgIpc) is 3.68. The highest BCUT2D eigenvalue weighted by atomic mass is 16.5. The van der Waals surface area contributed by atoms with Gasteiger partial charge < -0.3 is 35.1 Å². The molecule has 37 heavy (non-hydrogen) atoms. The van der Waals surface area contributed by atoms with Crippen LogP contribution in [0, 0.1) is 13.8 Å². The van der Waals surface area contributed by atoms with Crippen LogP contribution >= 0.6 is 0 Å². The maximum Gasteiger partial charge on any atom is 0.272 e. The third-order valence-corrected chi connectivity index (χ3v) is 6.62. The number of para-hydroxylation sites is 2. The summed E-state index contributed by atoms with van der Waals surface area (Å²) in [6, 6.07) is 15.9. The summed E-state index contributed by atoms with van der Waals surface area (Å²) in [7, 11) is 0. The zero-order valence-electron chi connectivity index (χ0n) is 22.3. The molecule has 3 rings (SSSR count). The monoisotopic (exact) mass is 517 g/mol. The number of anilines is 2. The molecule has 206 valence electrons. The predicted octanol–water partition coefficient (Wildman–Crippen LogP) is 2.63. The first kappa shape index (κ1) is 29.3. The van der Waals surface area contributed by atoms with Crippen LogP contribution in [0.2, 0.25) is 0 Å². The van der Waals surface area contributed by atoms with Crippen molar-refractivity contribution in [1.82, 2.24) is 5.32 Å². The van der Waals surface area contributed by atoms with E-state index in [-0.39, 0.29) is 0 Å². The normalized spacial score (nSPS) is 15.8. The molecule has 5 N–H and O–H groups in total. The Morgan fingerprint density at radius 1 is 0.730 bits per heavy atom. The number of nitrogens with one attached hydrogen (secondary N) is 3. The van der Waals surface area contributed by atoms with E-state index in [0.717, 1.165) is 55.0 Å². The fourth-order valence-corrected chi connectivity index (χ4v) is 4.10. The van der Waals surface area contributed by atoms with Crippen LogP contribution in [-0.4, -0.2) is 93.2 Å². The Hall–Kier alpha value is -2.24. The van der Waals surface area contributed by atoms with E-state index in [4.69, 9.17) is 14.2 Å². The van der Waals surface area contributed by atoms with Crippen molar-refractivity contribution >= 4 is 11.4 Å². The molecule has 9 nitrogen and oxygen atoms in total. The minimum Gasteiger partial charge on any atom is -0.379 e. The Morgan fingerprint density at radius 3 is 1.81 bits per heavy atom. The average molecular weight is 518 g/mol. The molecule has 1 aliphatic rings. The summed E-state index contributed by atoms with van der Waals surface area (Å²) in [6.45, 7) is 11.0. The molecule has 2 aromatic carbocycles. The van der Waals surface area contributed by atoms with Gasteiger partial charge >= 0.3 is 0 Å². The number of quaternary nitrogens is 1. The van der Waals surface area contributed by atoms with Crippen molar-refractivity contribution in [2.45, 2.75) is 39.4 Å². The lowest BCUT2D eigenvalue weighted by atomic mass is 10.2. The fraction of sp³-hybridized carbons (Fsp3) is 0.571. The van der Waals surface area contributed by atoms with E-state index >= 15 is 0 Å². The summed E-state index contributed by atoms with van der Waals surface area (Å²) in [5.41, 5.74) is 4.12. The minimum atomic E-state index is -0.793. The molecule has 1 saturated heterocycles. The molecule has 0 radical (unpaired) electrons. The van der Waals surface area contributed by atoms with Crippen molar-refractivity contribution < 1.29 is 28.9 Å². The van der Waals surface area contributed by atoms with Crippen LogP contribution in [0.3, 0.4) is 0 Å². The van der Waals surface area contributed by atoms with E-state index in [9.17, 15) is 10.2 Å². The SMILES string of the molecule is Cc1ccccc1NC(O)NCCCOCCOCCOCCC[N+]1(C(O)Nc2ccccc2C)CC1. The molecule has 1 fully saturated rings. The molecule has 2 aromatic rings. The Bertz CT molecular complexity index is 912. The van der Waals surface area contributed by atoms with Crippen LogP contribution in [0.5, 0.6) is 0 Å². The molecule has 0 aliphatic carbocycles. The molecule has 0 aromatic heterocycles. The quantitative estimate of drug-likeness (QED) is 0.0791. The number of rotatable bonds is 20. The van der Waals surface area contributed by atoms with Gasteiger partial charge in [0.15, 0.2) is 6.35 Å². The number of aryl methyl sites for hydroxylation is 2. The van der Waals surface area contributed by atoms with Gasteiger partial charge in [-0.05, 0) is 43.5 Å². The van der Waals surface area contributed by atoms with Crippen LogP contribution in [0.1, 0.15) is 24.0 Å². The fourth-order valence-electron chi connectivity index (χ4n) is 4.10. The second kappa shape index (κ2) is 15.9. The number of ether oxygens (including phenoxy) is 3. The molecule has 2 unspecified atom stereocenters. The topological polar surface area (TPSA) is 104 Å². The first-order valence-corrected chi connectivity index (χ1v) is 13.3. The smallest absolute Gasteiger partial charge is 0.272 e. The summed E-state index contributed by atoms with van der Waals surface area (Å²) >= 11 is 0. The zero-order valence-corrected chi connectivity index (χ0v) is 22.3. The molecule has 9 heteroatoms. The van der Waals surface area contributed by atoms with Gasteiger partial charge in [0.25, 0.3) is 6.35 Å². The number of benzene rings is 2. The maximum atomic E-state index is 10.7. The van der Waals surface area contributed by atoms with Crippen molar-refractivity contribution in [3.63, 3.8) is 0 Å². The molecule has 1 heterocycles. The van der Waals surface area contributed by atoms with Crippen LogP contribution in [0.4, 0.5) is 11.4 Å². The third-order valence-electron chi connectivity index (χ3n) is 6.62. The van der Waals surface area contributed by atoms with Gasteiger partial charge in [-0.1, -0.05) is 36.4 Å². The van der Waals surface area contributed by atoms with Crippen molar-refractivity contribution in [1.29, 1.82) is 0 Å². The van der Waals surface area contributed by atoms with Gasteiger partial charge in [-0.15, -0.1) is 0 Å². The number of aliphatic hydroxyl groups is 2. The molecule has 1 aliphatic heterocycles. The molecule has 0 saturated carbocycles. The Balaban J connectivity index is 1.09. The highest BCUT2D eigenvalue weighted by Gasteiger charge is 2.48. The molecule has 0 bridgehead atoms. The summed E-state index contributed by atoms with van der Waals surface area (Å²) < 4.78 is 17.5. The summed E-state index contributed by atoms with van der Waals surface area (Å²) in [5.74, 6) is 0. The Morgan fingerprint density at radius 2 is 1.24 bits per heavy atom. The number of hydrogen-bond acceptors (Lipinski definition) is 8. The van der Waals surface area contributed by atoms with E-state index in [1.165, 1.54) is 0 Å². The van der Waals surface area contributed by atoms with Gasteiger partial charge in [-0.2, -0.15) is 0 Å². The van der Waals surface area contributed by atoms with Crippen molar-refractivity contribution in [2.24, 2.45) is 0 Å². The Labute approximate surface area is 221 Å². The first-order chi connectivity index (χ1) is 18.0. The minimum absolute atomic E-state index is 0.533.